The van der Waals surface area contributed by atoms with E-state index in [0.717, 1.165) is 9.79 Å². The molecule has 0 aliphatic carbocycles. The summed E-state index contributed by atoms with van der Waals surface area (Å²) in [4.78, 5) is 1.69. The van der Waals surface area contributed by atoms with E-state index in [1.54, 1.807) is 0 Å². The molecule has 2 aromatic rings. The first kappa shape index (κ1) is 12.3. The zero-order valence-electron chi connectivity index (χ0n) is 7.91. The van der Waals surface area contributed by atoms with Crippen LogP contribution in [-0.4, -0.2) is 4.21 Å². The van der Waals surface area contributed by atoms with Crippen molar-refractivity contribution in [3.63, 3.8) is 0 Å². The van der Waals surface area contributed by atoms with Crippen molar-refractivity contribution < 1.29 is 24.6 Å². The molecule has 0 heterocycles. The molecule has 0 unspecified atom stereocenters. The largest absolute Gasteiger partial charge is 0.249 e. The zero-order valence-corrected chi connectivity index (χ0v) is 10.3. The van der Waals surface area contributed by atoms with Crippen molar-refractivity contribution in [1.82, 2.24) is 0 Å². The van der Waals surface area contributed by atoms with Crippen LogP contribution in [0.15, 0.2) is 70.5 Å². The molecule has 0 saturated carbocycles. The van der Waals surface area contributed by atoms with Crippen molar-refractivity contribution in [2.75, 3.05) is 0 Å². The van der Waals surface area contributed by atoms with E-state index in [0.29, 0.717) is 0 Å². The van der Waals surface area contributed by atoms with Crippen LogP contribution in [0, 0.1) is 0 Å². The molecule has 0 saturated heterocycles. The topological polar surface area (TPSA) is 17.1 Å². The predicted molar refractivity (Wildman–Crippen MR) is 57.6 cm³/mol. The second-order valence-electron chi connectivity index (χ2n) is 2.89. The molecular weight excluding hydrogens is 299 g/mol. The van der Waals surface area contributed by atoms with Crippen LogP contribution in [0.5, 0.6) is 0 Å². The maximum Gasteiger partial charge on any atom is 0.0849 e. The van der Waals surface area contributed by atoms with Crippen LogP contribution in [0.3, 0.4) is 0 Å². The summed E-state index contributed by atoms with van der Waals surface area (Å²) < 4.78 is 12.0. The van der Waals surface area contributed by atoms with E-state index in [4.69, 9.17) is 0 Å². The summed E-state index contributed by atoms with van der Waals surface area (Å²) in [6.45, 7) is 0. The summed E-state index contributed by atoms with van der Waals surface area (Å²) in [7, 11) is -1.05. The monoisotopic (exact) mass is 308 g/mol. The average Bonchev–Trinajstić information content (AvgIpc) is 2.30. The molecule has 0 amide bonds. The van der Waals surface area contributed by atoms with E-state index in [9.17, 15) is 4.21 Å². The van der Waals surface area contributed by atoms with E-state index < -0.39 is 10.8 Å². The van der Waals surface area contributed by atoms with Gasteiger partial charge in [-0.25, -0.2) is 4.21 Å². The molecule has 80 valence electrons. The molecule has 0 aliphatic rings. The van der Waals surface area contributed by atoms with Crippen LogP contribution in [0.25, 0.3) is 0 Å². The van der Waals surface area contributed by atoms with Gasteiger partial charge in [0, 0.05) is 30.2 Å². The molecule has 0 spiro atoms. The van der Waals surface area contributed by atoms with E-state index in [-0.39, 0.29) is 20.4 Å². The van der Waals surface area contributed by atoms with Gasteiger partial charge in [0.15, 0.2) is 0 Å². The zero-order chi connectivity index (χ0) is 9.80. The number of benzene rings is 2. The Kier molecular flexibility index (Phi) is 4.91. The van der Waals surface area contributed by atoms with Crippen molar-refractivity contribution in [2.24, 2.45) is 0 Å². The smallest absolute Gasteiger partial charge is 0.0849 e. The molecule has 3 heteroatoms. The SMILES string of the molecule is O=S(c1ccccc1)c1ccccc1.[Pd]. The van der Waals surface area contributed by atoms with Gasteiger partial charge in [0.1, 0.15) is 0 Å². The Morgan fingerprint density at radius 1 is 0.667 bits per heavy atom. The Labute approximate surface area is 106 Å². The molecule has 1 nitrogen and oxygen atoms in total. The molecule has 0 fully saturated rings. The molecule has 2 aromatic carbocycles. The summed E-state index contributed by atoms with van der Waals surface area (Å²) in [6.07, 6.45) is 0. The minimum absolute atomic E-state index is 0. The summed E-state index contributed by atoms with van der Waals surface area (Å²) >= 11 is 0. The first-order valence-electron chi connectivity index (χ1n) is 4.40. The minimum Gasteiger partial charge on any atom is -0.249 e. The third kappa shape index (κ3) is 3.10. The molecule has 2 rings (SSSR count). The van der Waals surface area contributed by atoms with Crippen molar-refractivity contribution in [3.05, 3.63) is 60.7 Å². The van der Waals surface area contributed by atoms with Gasteiger partial charge in [0.05, 0.1) is 10.8 Å². The van der Waals surface area contributed by atoms with Gasteiger partial charge in [-0.05, 0) is 24.3 Å². The van der Waals surface area contributed by atoms with Crippen molar-refractivity contribution in [2.45, 2.75) is 9.79 Å². The average molecular weight is 309 g/mol. The van der Waals surface area contributed by atoms with E-state index in [2.05, 4.69) is 0 Å². The van der Waals surface area contributed by atoms with Gasteiger partial charge >= 0.3 is 0 Å². The molecular formula is C12H10OPdS. The van der Waals surface area contributed by atoms with Gasteiger partial charge < -0.3 is 0 Å². The number of hydrogen-bond acceptors (Lipinski definition) is 1. The molecule has 0 radical (unpaired) electrons. The van der Waals surface area contributed by atoms with Crippen molar-refractivity contribution in [3.8, 4) is 0 Å². The van der Waals surface area contributed by atoms with Crippen molar-refractivity contribution >= 4 is 10.8 Å². The molecule has 0 bridgehead atoms. The Hall–Kier alpha value is -0.748. The molecule has 0 N–H and O–H groups in total. The Morgan fingerprint density at radius 2 is 1.00 bits per heavy atom. The number of hydrogen-bond donors (Lipinski definition) is 0. The fourth-order valence-corrected chi connectivity index (χ4v) is 2.31. The molecule has 15 heavy (non-hydrogen) atoms. The third-order valence-electron chi connectivity index (χ3n) is 1.91. The third-order valence-corrected chi connectivity index (χ3v) is 3.32. The molecule has 0 atom stereocenters. The van der Waals surface area contributed by atoms with Crippen LogP contribution < -0.4 is 0 Å². The van der Waals surface area contributed by atoms with Gasteiger partial charge in [-0.2, -0.15) is 0 Å². The van der Waals surface area contributed by atoms with Crippen LogP contribution in [-0.2, 0) is 31.2 Å². The number of rotatable bonds is 2. The van der Waals surface area contributed by atoms with E-state index in [1.165, 1.54) is 0 Å². The van der Waals surface area contributed by atoms with Crippen LogP contribution in [0.1, 0.15) is 0 Å². The van der Waals surface area contributed by atoms with E-state index in [1.807, 2.05) is 60.7 Å². The van der Waals surface area contributed by atoms with Crippen LogP contribution in [0.2, 0.25) is 0 Å². The van der Waals surface area contributed by atoms with E-state index >= 15 is 0 Å². The summed E-state index contributed by atoms with van der Waals surface area (Å²) in [5.41, 5.74) is 0. The Morgan fingerprint density at radius 3 is 1.33 bits per heavy atom. The van der Waals surface area contributed by atoms with Gasteiger partial charge in [-0.1, -0.05) is 36.4 Å². The van der Waals surface area contributed by atoms with Crippen LogP contribution >= 0.6 is 0 Å². The summed E-state index contributed by atoms with van der Waals surface area (Å²) in [6, 6.07) is 19.0. The maximum absolute atomic E-state index is 12.0. The van der Waals surface area contributed by atoms with Gasteiger partial charge in [-0.15, -0.1) is 0 Å². The van der Waals surface area contributed by atoms with Crippen LogP contribution in [0.4, 0.5) is 0 Å². The van der Waals surface area contributed by atoms with Gasteiger partial charge in [0.2, 0.25) is 0 Å². The first-order chi connectivity index (χ1) is 6.88. The maximum atomic E-state index is 12.0. The Bertz CT molecular complexity index is 386. The quantitative estimate of drug-likeness (QED) is 0.780. The van der Waals surface area contributed by atoms with Crippen molar-refractivity contribution in [1.29, 1.82) is 0 Å². The first-order valence-corrected chi connectivity index (χ1v) is 5.55. The molecule has 0 aromatic heterocycles. The fraction of sp³-hybridized carbons (Fsp3) is 0. The fourth-order valence-electron chi connectivity index (χ4n) is 1.22. The summed E-state index contributed by atoms with van der Waals surface area (Å²) in [5, 5.41) is 0. The standard InChI is InChI=1S/C12H10OS.Pd/c13-14(11-7-3-1-4-8-11)12-9-5-2-6-10-12;/h1-10H;. The normalized spacial score (nSPS) is 9.67. The molecule has 0 aliphatic heterocycles. The summed E-state index contributed by atoms with van der Waals surface area (Å²) in [5.74, 6) is 0. The second kappa shape index (κ2) is 5.97. The predicted octanol–water partition coefficient (Wildman–Crippen LogP) is 2.85. The van der Waals surface area contributed by atoms with Gasteiger partial charge in [0.25, 0.3) is 0 Å². The minimum atomic E-state index is -1.05. The Balaban J connectivity index is 0.00000112. The van der Waals surface area contributed by atoms with Gasteiger partial charge in [-0.3, -0.25) is 0 Å². The second-order valence-corrected chi connectivity index (χ2v) is 4.38.